The van der Waals surface area contributed by atoms with E-state index < -0.39 is 12.1 Å². The molecule has 2 rings (SSSR count). The fourth-order valence-corrected chi connectivity index (χ4v) is 2.81. The van der Waals surface area contributed by atoms with E-state index in [4.69, 9.17) is 0 Å². The van der Waals surface area contributed by atoms with Gasteiger partial charge in [0.15, 0.2) is 0 Å². The van der Waals surface area contributed by atoms with Gasteiger partial charge in [-0.3, -0.25) is 14.6 Å². The lowest BCUT2D eigenvalue weighted by atomic mass is 9.97. The van der Waals surface area contributed by atoms with Gasteiger partial charge in [0.2, 0.25) is 11.8 Å². The van der Waals surface area contributed by atoms with Crippen LogP contribution in [0.15, 0.2) is 11.7 Å². The number of nitrogens with one attached hydrogen (secondary N) is 1. The summed E-state index contributed by atoms with van der Waals surface area (Å²) in [6.45, 7) is 6.08. The zero-order chi connectivity index (χ0) is 13.3. The molecular formula is C12H17N3O2S. The van der Waals surface area contributed by atoms with Gasteiger partial charge in [0, 0.05) is 11.1 Å². The second-order valence-corrected chi connectivity index (χ2v) is 5.82. The Balaban J connectivity index is 2.25. The molecule has 1 aromatic heterocycles. The highest BCUT2D eigenvalue weighted by atomic mass is 32.1. The van der Waals surface area contributed by atoms with E-state index >= 15 is 0 Å². The Labute approximate surface area is 110 Å². The van der Waals surface area contributed by atoms with E-state index in [9.17, 15) is 9.59 Å². The smallest absolute Gasteiger partial charge is 0.245 e. The Morgan fingerprint density at radius 3 is 2.78 bits per heavy atom. The second-order valence-electron chi connectivity index (χ2n) is 4.85. The number of carbonyl (C=O) groups is 2. The summed E-state index contributed by atoms with van der Waals surface area (Å²) in [5.41, 5.74) is 1.73. The molecule has 0 radical (unpaired) electrons. The largest absolute Gasteiger partial charge is 0.343 e. The van der Waals surface area contributed by atoms with Crippen molar-refractivity contribution in [1.82, 2.24) is 15.2 Å². The molecule has 1 saturated heterocycles. The maximum absolute atomic E-state index is 12.2. The van der Waals surface area contributed by atoms with Crippen LogP contribution in [0, 0.1) is 5.92 Å². The molecule has 5 nitrogen and oxygen atoms in total. The second kappa shape index (κ2) is 5.06. The van der Waals surface area contributed by atoms with Gasteiger partial charge in [-0.2, -0.15) is 0 Å². The number of hydrogen-bond acceptors (Lipinski definition) is 4. The van der Waals surface area contributed by atoms with E-state index in [1.54, 1.807) is 23.5 Å². The molecule has 98 valence electrons. The highest BCUT2D eigenvalue weighted by molar-refractivity contribution is 7.09. The minimum absolute atomic E-state index is 0.0262. The lowest BCUT2D eigenvalue weighted by Gasteiger charge is -2.39. The first-order valence-corrected chi connectivity index (χ1v) is 6.87. The van der Waals surface area contributed by atoms with Gasteiger partial charge >= 0.3 is 0 Å². The third-order valence-electron chi connectivity index (χ3n) is 3.06. The molecule has 1 fully saturated rings. The summed E-state index contributed by atoms with van der Waals surface area (Å²) >= 11 is 1.50. The first kappa shape index (κ1) is 13.0. The number of piperazine rings is 1. The van der Waals surface area contributed by atoms with E-state index in [-0.39, 0.29) is 17.7 Å². The molecular weight excluding hydrogens is 250 g/mol. The molecule has 1 aromatic rings. The van der Waals surface area contributed by atoms with Crippen molar-refractivity contribution >= 4 is 23.2 Å². The van der Waals surface area contributed by atoms with Crippen molar-refractivity contribution < 1.29 is 9.59 Å². The van der Waals surface area contributed by atoms with Crippen LogP contribution in [0.3, 0.4) is 0 Å². The molecule has 18 heavy (non-hydrogen) atoms. The lowest BCUT2D eigenvalue weighted by Crippen LogP contribution is -2.63. The van der Waals surface area contributed by atoms with E-state index in [1.165, 1.54) is 11.3 Å². The Morgan fingerprint density at radius 2 is 2.22 bits per heavy atom. The van der Waals surface area contributed by atoms with Gasteiger partial charge in [0.05, 0.1) is 12.1 Å². The van der Waals surface area contributed by atoms with Crippen molar-refractivity contribution in [3.8, 4) is 0 Å². The van der Waals surface area contributed by atoms with Gasteiger partial charge in [-0.05, 0) is 12.8 Å². The third kappa shape index (κ3) is 2.38. The molecule has 2 amide bonds. The molecule has 2 unspecified atom stereocenters. The zero-order valence-electron chi connectivity index (χ0n) is 10.7. The van der Waals surface area contributed by atoms with Gasteiger partial charge in [0.25, 0.3) is 0 Å². The van der Waals surface area contributed by atoms with Crippen LogP contribution in [-0.2, 0) is 16.1 Å². The zero-order valence-corrected chi connectivity index (χ0v) is 11.5. The van der Waals surface area contributed by atoms with Crippen LogP contribution in [0.4, 0.5) is 0 Å². The molecule has 0 aromatic carbocycles. The van der Waals surface area contributed by atoms with E-state index in [0.717, 1.165) is 4.88 Å². The summed E-state index contributed by atoms with van der Waals surface area (Å²) in [5.74, 6) is -0.00214. The maximum Gasteiger partial charge on any atom is 0.245 e. The lowest BCUT2D eigenvalue weighted by molar-refractivity contribution is -0.151. The molecule has 0 spiro atoms. The van der Waals surface area contributed by atoms with Gasteiger partial charge in [0.1, 0.15) is 12.1 Å². The van der Waals surface area contributed by atoms with Crippen molar-refractivity contribution in [1.29, 1.82) is 0 Å². The molecule has 1 aliphatic rings. The number of nitrogens with zero attached hydrogens (tertiary/aromatic N) is 2. The number of thiazole rings is 1. The average Bonchev–Trinajstić information content (AvgIpc) is 2.77. The Morgan fingerprint density at radius 1 is 1.50 bits per heavy atom. The Hall–Kier alpha value is -1.43. The summed E-state index contributed by atoms with van der Waals surface area (Å²) in [7, 11) is 0. The highest BCUT2D eigenvalue weighted by Crippen LogP contribution is 2.21. The average molecular weight is 267 g/mol. The predicted octanol–water partition coefficient (Wildman–Crippen LogP) is 1.01. The van der Waals surface area contributed by atoms with Crippen LogP contribution in [-0.4, -0.2) is 33.8 Å². The van der Waals surface area contributed by atoms with Crippen LogP contribution in [0.25, 0.3) is 0 Å². The van der Waals surface area contributed by atoms with Crippen molar-refractivity contribution in [2.24, 2.45) is 5.92 Å². The highest BCUT2D eigenvalue weighted by Gasteiger charge is 2.40. The van der Waals surface area contributed by atoms with Crippen LogP contribution in [0.2, 0.25) is 0 Å². The van der Waals surface area contributed by atoms with Crippen LogP contribution in [0.5, 0.6) is 0 Å². The van der Waals surface area contributed by atoms with E-state index in [1.807, 2.05) is 13.8 Å². The minimum Gasteiger partial charge on any atom is -0.343 e. The van der Waals surface area contributed by atoms with Crippen LogP contribution >= 0.6 is 11.3 Å². The molecule has 2 atom stereocenters. The Kier molecular flexibility index (Phi) is 3.65. The standard InChI is InChI=1S/C12H17N3O2S/c1-7(2)10-11(16)14-8(3)12(17)15(10)5-9-4-13-6-18-9/h4,6-8,10H,5H2,1-3H3,(H,14,16). The first-order valence-electron chi connectivity index (χ1n) is 5.99. The topological polar surface area (TPSA) is 62.3 Å². The molecule has 0 bridgehead atoms. The minimum atomic E-state index is -0.444. The SMILES string of the molecule is CC1NC(=O)C(C(C)C)N(Cc2cncs2)C1=O. The number of rotatable bonds is 3. The van der Waals surface area contributed by atoms with Gasteiger partial charge in [-0.15, -0.1) is 11.3 Å². The van der Waals surface area contributed by atoms with Crippen molar-refractivity contribution in [2.45, 2.75) is 39.4 Å². The fourth-order valence-electron chi connectivity index (χ4n) is 2.21. The molecule has 2 heterocycles. The van der Waals surface area contributed by atoms with Gasteiger partial charge < -0.3 is 10.2 Å². The summed E-state index contributed by atoms with van der Waals surface area (Å²) in [6.07, 6.45) is 1.74. The number of amides is 2. The maximum atomic E-state index is 12.2. The summed E-state index contributed by atoms with van der Waals surface area (Å²) in [6, 6.07) is -0.837. The number of aromatic nitrogens is 1. The number of carbonyl (C=O) groups excluding carboxylic acids is 2. The fraction of sp³-hybridized carbons (Fsp3) is 0.583. The normalized spacial score (nSPS) is 24.6. The number of hydrogen-bond donors (Lipinski definition) is 1. The third-order valence-corrected chi connectivity index (χ3v) is 3.82. The van der Waals surface area contributed by atoms with E-state index in [0.29, 0.717) is 6.54 Å². The first-order chi connectivity index (χ1) is 8.50. The Bertz CT molecular complexity index is 444. The summed E-state index contributed by atoms with van der Waals surface area (Å²) in [5, 5.41) is 2.73. The van der Waals surface area contributed by atoms with Crippen molar-refractivity contribution in [3.05, 3.63) is 16.6 Å². The molecule has 6 heteroatoms. The molecule has 0 saturated carbocycles. The van der Waals surface area contributed by atoms with Crippen molar-refractivity contribution in [3.63, 3.8) is 0 Å². The van der Waals surface area contributed by atoms with Gasteiger partial charge in [-0.1, -0.05) is 13.8 Å². The molecule has 1 N–H and O–H groups in total. The van der Waals surface area contributed by atoms with Crippen LogP contribution in [0.1, 0.15) is 25.6 Å². The van der Waals surface area contributed by atoms with Crippen LogP contribution < -0.4 is 5.32 Å². The quantitative estimate of drug-likeness (QED) is 0.889. The monoisotopic (exact) mass is 267 g/mol. The summed E-state index contributed by atoms with van der Waals surface area (Å²) < 4.78 is 0. The molecule has 1 aliphatic heterocycles. The predicted molar refractivity (Wildman–Crippen MR) is 68.9 cm³/mol. The van der Waals surface area contributed by atoms with E-state index in [2.05, 4.69) is 10.3 Å². The van der Waals surface area contributed by atoms with Crippen molar-refractivity contribution in [2.75, 3.05) is 0 Å². The summed E-state index contributed by atoms with van der Waals surface area (Å²) in [4.78, 5) is 30.9. The molecule has 0 aliphatic carbocycles. The van der Waals surface area contributed by atoms with Gasteiger partial charge in [-0.25, -0.2) is 0 Å².